The average molecular weight is 635 g/mol. The molecule has 0 aliphatic carbocycles. The second kappa shape index (κ2) is 11.7. The summed E-state index contributed by atoms with van der Waals surface area (Å²) in [6.45, 7) is 22.1. The minimum absolute atomic E-state index is 0.00596. The van der Waals surface area contributed by atoms with Crippen LogP contribution in [0.4, 0.5) is 0 Å². The van der Waals surface area contributed by atoms with Gasteiger partial charge >= 0.3 is 0 Å². The number of fused-ring (bicyclic) bond motifs is 1. The van der Waals surface area contributed by atoms with Crippen LogP contribution in [-0.4, -0.2) is 58.9 Å². The first kappa shape index (κ1) is 32.8. The number of hydrogen-bond acceptors (Lipinski definition) is 8. The van der Waals surface area contributed by atoms with Crippen LogP contribution in [0.15, 0.2) is 53.4 Å². The van der Waals surface area contributed by atoms with Crippen molar-refractivity contribution < 1.29 is 26.8 Å². The highest BCUT2D eigenvalue weighted by Crippen LogP contribution is 2.43. The zero-order chi connectivity index (χ0) is 31.1. The molecule has 3 atom stereocenters. The predicted octanol–water partition coefficient (Wildman–Crippen LogP) is 5.82. The molecule has 1 N–H and O–H groups in total. The maximum Gasteiger partial charge on any atom is 0.240 e. The summed E-state index contributed by atoms with van der Waals surface area (Å²) in [7, 11) is -8.15. The summed E-state index contributed by atoms with van der Waals surface area (Å²) in [6.07, 6.45) is -1.21. The second-order valence-corrected chi connectivity index (χ2v) is 25.3. The van der Waals surface area contributed by atoms with Crippen molar-refractivity contribution in [3.63, 3.8) is 0 Å². The summed E-state index contributed by atoms with van der Waals surface area (Å²) < 4.78 is 48.7. The van der Waals surface area contributed by atoms with Crippen molar-refractivity contribution in [1.82, 2.24) is 19.9 Å². The van der Waals surface area contributed by atoms with Crippen molar-refractivity contribution in [3.05, 3.63) is 54.1 Å². The topological polar surface area (TPSA) is 114 Å². The molecule has 2 aromatic carbocycles. The van der Waals surface area contributed by atoms with Crippen LogP contribution in [0.25, 0.3) is 11.0 Å². The number of hydrogen-bond donors (Lipinski definition) is 1. The molecular formula is C29H46N4O6SSi2. The van der Waals surface area contributed by atoms with Crippen LogP contribution in [0.3, 0.4) is 0 Å². The van der Waals surface area contributed by atoms with E-state index in [9.17, 15) is 8.42 Å². The van der Waals surface area contributed by atoms with E-state index in [0.29, 0.717) is 17.5 Å². The third-order valence-corrected chi connectivity index (χ3v) is 19.0. The zero-order valence-corrected chi connectivity index (χ0v) is 29.3. The first-order valence-electron chi connectivity index (χ1n) is 14.4. The van der Waals surface area contributed by atoms with Gasteiger partial charge in [0.1, 0.15) is 17.1 Å². The Morgan fingerprint density at radius 3 is 2.19 bits per heavy atom. The van der Waals surface area contributed by atoms with Gasteiger partial charge in [0.25, 0.3) is 0 Å². The molecule has 0 amide bonds. The van der Waals surface area contributed by atoms with Gasteiger partial charge in [0, 0.05) is 13.0 Å². The number of rotatable bonds is 10. The minimum Gasteiger partial charge on any atom is -0.409 e. The predicted molar refractivity (Wildman–Crippen MR) is 168 cm³/mol. The molecule has 4 rings (SSSR count). The molecule has 0 saturated carbocycles. The number of aromatic nitrogens is 3. The maximum absolute atomic E-state index is 13.1. The maximum atomic E-state index is 13.1. The molecule has 0 spiro atoms. The standard InChI is InChI=1S/C29H46N4O6SSi2/c1-28(2,3)41(7,8)38-25-19-26(36-27(25)39-42(9,10)29(4,5)6)37-33-24-18-22(16-17-23(24)31-32-33)40(34,35)30-20-21-14-12-11-13-15-21/h11-18,25-27,30H,19-20H2,1-10H3/t25-,26+,27-/m1/s1. The molecule has 42 heavy (non-hydrogen) atoms. The van der Waals surface area contributed by atoms with Crippen LogP contribution < -0.4 is 9.56 Å². The summed E-state index contributed by atoms with van der Waals surface area (Å²) in [5, 5.41) is 8.29. The molecule has 3 aromatic rings. The quantitative estimate of drug-likeness (QED) is 0.278. The normalized spacial score (nSPS) is 20.8. The van der Waals surface area contributed by atoms with Gasteiger partial charge in [-0.15, -0.1) is 5.10 Å². The van der Waals surface area contributed by atoms with E-state index in [4.69, 9.17) is 18.4 Å². The molecule has 0 unspecified atom stereocenters. The Morgan fingerprint density at radius 2 is 1.57 bits per heavy atom. The second-order valence-electron chi connectivity index (χ2n) is 14.0. The van der Waals surface area contributed by atoms with E-state index in [2.05, 4.69) is 82.8 Å². The van der Waals surface area contributed by atoms with Crippen molar-refractivity contribution in [3.8, 4) is 0 Å². The van der Waals surface area contributed by atoms with Crippen LogP contribution in [0.1, 0.15) is 53.5 Å². The highest BCUT2D eigenvalue weighted by molar-refractivity contribution is 7.89. The average Bonchev–Trinajstić information content (AvgIpc) is 3.44. The summed E-state index contributed by atoms with van der Waals surface area (Å²) in [4.78, 5) is 7.48. The lowest BCUT2D eigenvalue weighted by Gasteiger charge is -2.42. The van der Waals surface area contributed by atoms with E-state index < -0.39 is 39.2 Å². The Labute approximate surface area is 252 Å². The van der Waals surface area contributed by atoms with Crippen LogP contribution in [0.5, 0.6) is 0 Å². The summed E-state index contributed by atoms with van der Waals surface area (Å²) in [5.41, 5.74) is 1.77. The number of sulfonamides is 1. The number of nitrogens with one attached hydrogen (secondary N) is 1. The van der Waals surface area contributed by atoms with Crippen LogP contribution >= 0.6 is 0 Å². The van der Waals surface area contributed by atoms with E-state index in [1.165, 1.54) is 17.0 Å². The molecule has 2 heterocycles. The molecule has 1 saturated heterocycles. The molecule has 232 valence electrons. The van der Waals surface area contributed by atoms with Crippen molar-refractivity contribution in [2.75, 3.05) is 0 Å². The number of ether oxygens (including phenoxy) is 1. The summed E-state index contributed by atoms with van der Waals surface area (Å²) >= 11 is 0. The molecule has 13 heteroatoms. The smallest absolute Gasteiger partial charge is 0.240 e. The number of nitrogens with zero attached hydrogens (tertiary/aromatic N) is 3. The van der Waals surface area contributed by atoms with Crippen LogP contribution in [0.2, 0.25) is 36.3 Å². The van der Waals surface area contributed by atoms with E-state index in [1.807, 2.05) is 30.3 Å². The van der Waals surface area contributed by atoms with Gasteiger partial charge in [-0.3, -0.25) is 0 Å². The lowest BCUT2D eigenvalue weighted by atomic mass is 10.2. The van der Waals surface area contributed by atoms with Gasteiger partial charge in [0.15, 0.2) is 22.9 Å². The van der Waals surface area contributed by atoms with Gasteiger partial charge in [0.2, 0.25) is 16.3 Å². The van der Waals surface area contributed by atoms with Gasteiger partial charge in [-0.05, 0) is 65.2 Å². The largest absolute Gasteiger partial charge is 0.409 e. The minimum atomic E-state index is -3.79. The van der Waals surface area contributed by atoms with Crippen molar-refractivity contribution in [2.24, 2.45) is 0 Å². The molecule has 1 aromatic heterocycles. The summed E-state index contributed by atoms with van der Waals surface area (Å²) in [6, 6.07) is 14.0. The first-order chi connectivity index (χ1) is 19.3. The fraction of sp³-hybridized carbons (Fsp3) is 0.586. The zero-order valence-electron chi connectivity index (χ0n) is 26.5. The van der Waals surface area contributed by atoms with Gasteiger partial charge in [-0.1, -0.05) is 76.7 Å². The van der Waals surface area contributed by atoms with E-state index in [0.717, 1.165) is 5.56 Å². The highest BCUT2D eigenvalue weighted by Gasteiger charge is 2.49. The van der Waals surface area contributed by atoms with Gasteiger partial charge in [-0.25, -0.2) is 13.1 Å². The van der Waals surface area contributed by atoms with E-state index in [1.54, 1.807) is 6.07 Å². The third kappa shape index (κ3) is 7.32. The molecule has 1 aliphatic rings. The van der Waals surface area contributed by atoms with Crippen molar-refractivity contribution in [2.45, 2.75) is 114 Å². The summed E-state index contributed by atoms with van der Waals surface area (Å²) in [5.74, 6) is 0. The fourth-order valence-electron chi connectivity index (χ4n) is 3.98. The third-order valence-electron chi connectivity index (χ3n) is 8.71. The van der Waals surface area contributed by atoms with E-state index >= 15 is 0 Å². The first-order valence-corrected chi connectivity index (χ1v) is 21.7. The fourth-order valence-corrected chi connectivity index (χ4v) is 7.48. The molecule has 1 fully saturated rings. The number of benzene rings is 2. The molecule has 0 bridgehead atoms. The Bertz CT molecular complexity index is 1450. The van der Waals surface area contributed by atoms with Crippen LogP contribution in [-0.2, 0) is 30.2 Å². The van der Waals surface area contributed by atoms with Crippen LogP contribution in [0, 0.1) is 0 Å². The lowest BCUT2D eigenvalue weighted by molar-refractivity contribution is -0.193. The SMILES string of the molecule is CC(C)(C)[Si](C)(C)O[C@H]1O[C@@H](On2nnc3ccc(S(=O)(=O)NCc4ccccc4)cc32)C[C@H]1O[Si](C)(C)C(C)(C)C. The molecular weight excluding hydrogens is 589 g/mol. The van der Waals surface area contributed by atoms with Crippen molar-refractivity contribution >= 4 is 37.7 Å². The Balaban J connectivity index is 1.56. The monoisotopic (exact) mass is 634 g/mol. The Morgan fingerprint density at radius 1 is 0.952 bits per heavy atom. The van der Waals surface area contributed by atoms with E-state index in [-0.39, 0.29) is 27.6 Å². The van der Waals surface area contributed by atoms with Gasteiger partial charge in [0.05, 0.1) is 4.90 Å². The molecule has 0 radical (unpaired) electrons. The van der Waals surface area contributed by atoms with Crippen molar-refractivity contribution in [1.29, 1.82) is 0 Å². The highest BCUT2D eigenvalue weighted by atomic mass is 32.2. The van der Waals surface area contributed by atoms with Gasteiger partial charge in [-0.2, -0.15) is 0 Å². The molecule has 1 aliphatic heterocycles. The Kier molecular flexibility index (Phi) is 9.17. The molecule has 10 nitrogen and oxygen atoms in total. The van der Waals surface area contributed by atoms with Gasteiger partial charge < -0.3 is 18.4 Å². The Hall–Kier alpha value is -2.14. The lowest BCUT2D eigenvalue weighted by Crippen LogP contribution is -2.50.